The molecule has 0 radical (unpaired) electrons. The van der Waals surface area contributed by atoms with E-state index in [1.165, 1.54) is 24.3 Å². The second-order valence-electron chi connectivity index (χ2n) is 5.54. The maximum atomic E-state index is 12.1. The molecule has 2 rings (SSSR count). The van der Waals surface area contributed by atoms with Gasteiger partial charge < -0.3 is 15.8 Å². The van der Waals surface area contributed by atoms with Gasteiger partial charge >= 0.3 is 6.36 Å². The Morgan fingerprint density at radius 3 is 2.25 bits per heavy atom. The minimum atomic E-state index is -4.75. The van der Waals surface area contributed by atoms with Crippen molar-refractivity contribution in [2.45, 2.75) is 24.7 Å². The average Bonchev–Trinajstić information content (AvgIpc) is 2.61. The summed E-state index contributed by atoms with van der Waals surface area (Å²) in [7, 11) is -3.52. The van der Waals surface area contributed by atoms with E-state index in [4.69, 9.17) is 5.73 Å². The molecule has 0 saturated heterocycles. The zero-order valence-electron chi connectivity index (χ0n) is 14.8. The van der Waals surface area contributed by atoms with E-state index in [1.54, 1.807) is 19.1 Å². The van der Waals surface area contributed by atoms with E-state index in [-0.39, 0.29) is 23.1 Å². The zero-order chi connectivity index (χ0) is 20.8. The van der Waals surface area contributed by atoms with Crippen molar-refractivity contribution in [2.24, 2.45) is 10.7 Å². The number of guanidine groups is 1. The fourth-order valence-electron chi connectivity index (χ4n) is 2.15. The molecule has 0 saturated carbocycles. The van der Waals surface area contributed by atoms with Crippen LogP contribution in [0, 0.1) is 0 Å². The molecule has 0 fully saturated rings. The molecule has 4 N–H and O–H groups in total. The summed E-state index contributed by atoms with van der Waals surface area (Å²) in [5.41, 5.74) is 6.92. The van der Waals surface area contributed by atoms with Crippen molar-refractivity contribution >= 4 is 21.7 Å². The number of hydrogen-bond donors (Lipinski definition) is 3. The number of nitrogens with one attached hydrogen (secondary N) is 2. The third-order valence-electron chi connectivity index (χ3n) is 3.36. The summed E-state index contributed by atoms with van der Waals surface area (Å²) in [5.74, 6) is -0.296. The van der Waals surface area contributed by atoms with Gasteiger partial charge in [0.1, 0.15) is 5.75 Å². The summed E-state index contributed by atoms with van der Waals surface area (Å²) >= 11 is 0. The number of halogens is 3. The minimum Gasteiger partial charge on any atom is -0.406 e. The monoisotopic (exact) mass is 416 g/mol. The molecule has 0 amide bonds. The first-order valence-electron chi connectivity index (χ1n) is 8.10. The molecule has 0 unspecified atom stereocenters. The Kier molecular flexibility index (Phi) is 6.86. The maximum Gasteiger partial charge on any atom is 0.573 e. The summed E-state index contributed by atoms with van der Waals surface area (Å²) < 4.78 is 66.3. The Labute approximate surface area is 160 Å². The van der Waals surface area contributed by atoms with Crippen molar-refractivity contribution in [1.82, 2.24) is 4.72 Å². The molecule has 0 bridgehead atoms. The summed E-state index contributed by atoms with van der Waals surface area (Å²) in [6.07, 6.45) is -4.75. The first-order chi connectivity index (χ1) is 13.1. The van der Waals surface area contributed by atoms with Crippen LogP contribution in [0.15, 0.2) is 58.4 Å². The van der Waals surface area contributed by atoms with E-state index in [1.807, 2.05) is 0 Å². The van der Waals surface area contributed by atoms with Crippen molar-refractivity contribution in [2.75, 3.05) is 11.9 Å². The normalized spacial score (nSPS) is 12.6. The molecule has 0 aliphatic carbocycles. The second kappa shape index (κ2) is 8.93. The molecule has 0 aliphatic rings. The molecule has 11 heteroatoms. The number of benzene rings is 2. The number of anilines is 1. The van der Waals surface area contributed by atoms with Gasteiger partial charge in [0.15, 0.2) is 5.96 Å². The molecule has 2 aromatic rings. The van der Waals surface area contributed by atoms with Crippen molar-refractivity contribution in [3.8, 4) is 5.75 Å². The number of aliphatic imine (C=N–C) groups is 1. The highest BCUT2D eigenvalue weighted by Gasteiger charge is 2.30. The standard InChI is InChI=1S/C17H19F3N4O3S/c1-2-23-28(25,26)15-9-3-12(4-10-15)11-22-16(21)24-13-5-7-14(8-6-13)27-17(18,19)20/h3-10,23H,2,11H2,1H3,(H3,21,22,24). The van der Waals surface area contributed by atoms with Gasteiger partial charge in [-0.3, -0.25) is 0 Å². The highest BCUT2D eigenvalue weighted by molar-refractivity contribution is 7.89. The highest BCUT2D eigenvalue weighted by atomic mass is 32.2. The topological polar surface area (TPSA) is 106 Å². The Hall–Kier alpha value is -2.79. The van der Waals surface area contributed by atoms with Crippen LogP contribution >= 0.6 is 0 Å². The third-order valence-corrected chi connectivity index (χ3v) is 4.92. The molecule has 0 spiro atoms. The molecule has 0 aliphatic heterocycles. The number of rotatable bonds is 7. The van der Waals surface area contributed by atoms with Gasteiger partial charge in [0, 0.05) is 12.2 Å². The van der Waals surface area contributed by atoms with Gasteiger partial charge in [-0.25, -0.2) is 18.1 Å². The van der Waals surface area contributed by atoms with Crippen LogP contribution in [0.5, 0.6) is 5.75 Å². The molecule has 152 valence electrons. The highest BCUT2D eigenvalue weighted by Crippen LogP contribution is 2.23. The van der Waals surface area contributed by atoms with Crippen LogP contribution in [0.3, 0.4) is 0 Å². The lowest BCUT2D eigenvalue weighted by molar-refractivity contribution is -0.274. The fraction of sp³-hybridized carbons (Fsp3) is 0.235. The molecule has 0 atom stereocenters. The van der Waals surface area contributed by atoms with Crippen molar-refractivity contribution in [3.05, 3.63) is 54.1 Å². The lowest BCUT2D eigenvalue weighted by Gasteiger charge is -2.10. The number of sulfonamides is 1. The quantitative estimate of drug-likeness (QED) is 0.475. The van der Waals surface area contributed by atoms with E-state index < -0.39 is 16.4 Å². The van der Waals surface area contributed by atoms with Crippen molar-refractivity contribution < 1.29 is 26.3 Å². The van der Waals surface area contributed by atoms with Crippen molar-refractivity contribution in [3.63, 3.8) is 0 Å². The fourth-order valence-corrected chi connectivity index (χ4v) is 3.19. The van der Waals surface area contributed by atoms with Crippen LogP contribution in [-0.4, -0.2) is 27.3 Å². The lowest BCUT2D eigenvalue weighted by Crippen LogP contribution is -2.23. The maximum absolute atomic E-state index is 12.1. The van der Waals surface area contributed by atoms with E-state index in [0.29, 0.717) is 12.2 Å². The molecule has 0 aromatic heterocycles. The Morgan fingerprint density at radius 2 is 1.71 bits per heavy atom. The first-order valence-corrected chi connectivity index (χ1v) is 9.59. The Balaban J connectivity index is 1.95. The summed E-state index contributed by atoms with van der Waals surface area (Å²) in [4.78, 5) is 4.25. The van der Waals surface area contributed by atoms with Crippen LogP contribution in [0.4, 0.5) is 18.9 Å². The van der Waals surface area contributed by atoms with Crippen LogP contribution in [-0.2, 0) is 16.6 Å². The van der Waals surface area contributed by atoms with Gasteiger partial charge in [-0.1, -0.05) is 19.1 Å². The van der Waals surface area contributed by atoms with Crippen LogP contribution in [0.25, 0.3) is 0 Å². The van der Waals surface area contributed by atoms with Crippen molar-refractivity contribution in [1.29, 1.82) is 0 Å². The van der Waals surface area contributed by atoms with Gasteiger partial charge in [0.2, 0.25) is 10.0 Å². The largest absolute Gasteiger partial charge is 0.573 e. The molecule has 7 nitrogen and oxygen atoms in total. The molecular formula is C17H19F3N4O3S. The second-order valence-corrected chi connectivity index (χ2v) is 7.31. The van der Waals surface area contributed by atoms with E-state index in [2.05, 4.69) is 19.8 Å². The number of ether oxygens (including phenoxy) is 1. The third kappa shape index (κ3) is 6.74. The van der Waals surface area contributed by atoms with Gasteiger partial charge in [-0.05, 0) is 42.0 Å². The van der Waals surface area contributed by atoms with Gasteiger partial charge in [0.05, 0.1) is 11.4 Å². The molecule has 2 aromatic carbocycles. The average molecular weight is 416 g/mol. The Bertz CT molecular complexity index is 912. The first kappa shape index (κ1) is 21.5. The van der Waals surface area contributed by atoms with Crippen LogP contribution in [0.2, 0.25) is 0 Å². The predicted octanol–water partition coefficient (Wildman–Crippen LogP) is 2.81. The van der Waals surface area contributed by atoms with E-state index >= 15 is 0 Å². The number of nitrogens with zero attached hydrogens (tertiary/aromatic N) is 1. The number of alkyl halides is 3. The Morgan fingerprint density at radius 1 is 1.11 bits per heavy atom. The van der Waals surface area contributed by atoms with E-state index in [9.17, 15) is 21.6 Å². The van der Waals surface area contributed by atoms with Gasteiger partial charge in [-0.2, -0.15) is 0 Å². The summed E-state index contributed by atoms with van der Waals surface area (Å²) in [6, 6.07) is 11.2. The van der Waals surface area contributed by atoms with Gasteiger partial charge in [-0.15, -0.1) is 13.2 Å². The summed E-state index contributed by atoms with van der Waals surface area (Å²) in [6.45, 7) is 2.17. The van der Waals surface area contributed by atoms with Gasteiger partial charge in [0.25, 0.3) is 0 Å². The minimum absolute atomic E-state index is 0.0498. The summed E-state index contributed by atoms with van der Waals surface area (Å²) in [5, 5.41) is 2.74. The van der Waals surface area contributed by atoms with Crippen LogP contribution < -0.4 is 20.5 Å². The number of hydrogen-bond acceptors (Lipinski definition) is 4. The van der Waals surface area contributed by atoms with Crippen LogP contribution in [0.1, 0.15) is 12.5 Å². The predicted molar refractivity (Wildman–Crippen MR) is 99.4 cm³/mol. The molecular weight excluding hydrogens is 397 g/mol. The zero-order valence-corrected chi connectivity index (χ0v) is 15.6. The molecule has 0 heterocycles. The smallest absolute Gasteiger partial charge is 0.406 e. The SMILES string of the molecule is CCNS(=O)(=O)c1ccc(CN=C(N)Nc2ccc(OC(F)(F)F)cc2)cc1. The lowest BCUT2D eigenvalue weighted by atomic mass is 10.2. The molecule has 28 heavy (non-hydrogen) atoms. The number of nitrogens with two attached hydrogens (primary N) is 1. The van der Waals surface area contributed by atoms with E-state index in [0.717, 1.165) is 17.7 Å².